The summed E-state index contributed by atoms with van der Waals surface area (Å²) in [5.74, 6) is -0.0585. The molecule has 8 nitrogen and oxygen atoms in total. The Kier molecular flexibility index (Phi) is 9.85. The molecule has 3 rings (SSSR count). The van der Waals surface area contributed by atoms with Crippen LogP contribution in [0.3, 0.4) is 0 Å². The van der Waals surface area contributed by atoms with Crippen LogP contribution < -0.4 is 10.6 Å². The summed E-state index contributed by atoms with van der Waals surface area (Å²) < 4.78 is 5.31. The second-order valence-corrected chi connectivity index (χ2v) is 11.4. The minimum Gasteiger partial charge on any atom is -0.444 e. The van der Waals surface area contributed by atoms with Crippen molar-refractivity contribution < 1.29 is 19.1 Å². The fraction of sp³-hybridized carbons (Fsp3) is 0.370. The van der Waals surface area contributed by atoms with E-state index in [9.17, 15) is 14.4 Å². The van der Waals surface area contributed by atoms with Gasteiger partial charge >= 0.3 is 12.1 Å². The SMILES string of the molecule is CN(C)CCN(Cc1ccc(C(=O)Cc2cscc2NC(=O)OC(C)(C)C)cc1)C(=O)Nc1ccsc1. The maximum atomic E-state index is 13.0. The zero-order chi connectivity index (χ0) is 27.0. The number of carbonyl (C=O) groups excluding carboxylic acids is 3. The molecule has 2 heterocycles. The number of anilines is 2. The predicted octanol–water partition coefficient (Wildman–Crippen LogP) is 6.18. The Morgan fingerprint density at radius 2 is 1.65 bits per heavy atom. The molecule has 0 saturated carbocycles. The molecule has 0 fully saturated rings. The van der Waals surface area contributed by atoms with Crippen LogP contribution in [0.25, 0.3) is 0 Å². The first-order valence-corrected chi connectivity index (χ1v) is 13.8. The van der Waals surface area contributed by atoms with E-state index < -0.39 is 11.7 Å². The van der Waals surface area contributed by atoms with Gasteiger partial charge in [-0.3, -0.25) is 10.1 Å². The van der Waals surface area contributed by atoms with Crippen LogP contribution >= 0.6 is 22.7 Å². The molecule has 10 heteroatoms. The monoisotopic (exact) mass is 542 g/mol. The number of thiophene rings is 2. The summed E-state index contributed by atoms with van der Waals surface area (Å²) in [6.07, 6.45) is -0.391. The lowest BCUT2D eigenvalue weighted by Crippen LogP contribution is -2.38. The van der Waals surface area contributed by atoms with Crippen LogP contribution in [-0.2, 0) is 17.7 Å². The maximum Gasteiger partial charge on any atom is 0.412 e. The molecular formula is C27H34N4O4S2. The summed E-state index contributed by atoms with van der Waals surface area (Å²) in [6, 6.07) is 9.03. The van der Waals surface area contributed by atoms with Crippen molar-refractivity contribution in [3.05, 3.63) is 68.5 Å². The van der Waals surface area contributed by atoms with Crippen molar-refractivity contribution in [2.75, 3.05) is 37.8 Å². The highest BCUT2D eigenvalue weighted by Gasteiger charge is 2.19. The molecule has 3 aromatic rings. The number of rotatable bonds is 10. The van der Waals surface area contributed by atoms with Gasteiger partial charge in [-0.05, 0) is 62.8 Å². The predicted molar refractivity (Wildman–Crippen MR) is 151 cm³/mol. The highest BCUT2D eigenvalue weighted by Crippen LogP contribution is 2.24. The lowest BCUT2D eigenvalue weighted by Gasteiger charge is -2.24. The fourth-order valence-electron chi connectivity index (χ4n) is 3.39. The van der Waals surface area contributed by atoms with Crippen molar-refractivity contribution in [1.29, 1.82) is 0 Å². The van der Waals surface area contributed by atoms with E-state index in [4.69, 9.17) is 4.74 Å². The number of ketones is 1. The minimum absolute atomic E-state index is 0.0585. The first-order chi connectivity index (χ1) is 17.5. The topological polar surface area (TPSA) is 91.0 Å². The van der Waals surface area contributed by atoms with Gasteiger partial charge in [0.25, 0.3) is 0 Å². The van der Waals surface area contributed by atoms with E-state index >= 15 is 0 Å². The molecule has 3 amide bonds. The first kappa shape index (κ1) is 28.4. The summed E-state index contributed by atoms with van der Waals surface area (Å²) >= 11 is 2.94. The van der Waals surface area contributed by atoms with Gasteiger partial charge in [0.05, 0.1) is 11.4 Å². The average molecular weight is 543 g/mol. The lowest BCUT2D eigenvalue weighted by atomic mass is 10.0. The van der Waals surface area contributed by atoms with Gasteiger partial charge in [-0.2, -0.15) is 11.3 Å². The lowest BCUT2D eigenvalue weighted by molar-refractivity contribution is 0.0635. The average Bonchev–Trinajstić information content (AvgIpc) is 3.47. The molecule has 0 aliphatic rings. The number of hydrogen-bond acceptors (Lipinski definition) is 7. The molecule has 0 aliphatic carbocycles. The molecule has 0 bridgehead atoms. The summed E-state index contributed by atoms with van der Waals surface area (Å²) in [5, 5.41) is 13.1. The zero-order valence-electron chi connectivity index (χ0n) is 21.9. The fourth-order valence-corrected chi connectivity index (χ4v) is 4.76. The summed E-state index contributed by atoms with van der Waals surface area (Å²) in [4.78, 5) is 41.8. The third-order valence-electron chi connectivity index (χ3n) is 5.25. The number of likely N-dealkylation sites (N-methyl/N-ethyl adjacent to an activating group) is 1. The number of carbonyl (C=O) groups is 3. The molecule has 198 valence electrons. The van der Waals surface area contributed by atoms with E-state index in [2.05, 4.69) is 10.6 Å². The van der Waals surface area contributed by atoms with E-state index in [1.807, 2.05) is 53.3 Å². The van der Waals surface area contributed by atoms with Gasteiger partial charge in [0.1, 0.15) is 5.60 Å². The molecule has 0 radical (unpaired) electrons. The first-order valence-electron chi connectivity index (χ1n) is 11.9. The Morgan fingerprint density at radius 1 is 0.919 bits per heavy atom. The number of nitrogens with one attached hydrogen (secondary N) is 2. The number of nitrogens with zero attached hydrogens (tertiary/aromatic N) is 2. The van der Waals surface area contributed by atoms with Gasteiger partial charge < -0.3 is 19.9 Å². The molecule has 0 spiro atoms. The van der Waals surface area contributed by atoms with Crippen LogP contribution in [0.1, 0.15) is 42.3 Å². The summed E-state index contributed by atoms with van der Waals surface area (Å²) in [5.41, 5.74) is 2.99. The van der Waals surface area contributed by atoms with E-state index in [1.165, 1.54) is 22.7 Å². The Balaban J connectivity index is 1.62. The Bertz CT molecular complexity index is 1180. The summed E-state index contributed by atoms with van der Waals surface area (Å²) in [6.45, 7) is 7.11. The number of benzene rings is 1. The highest BCUT2D eigenvalue weighted by molar-refractivity contribution is 7.08. The number of ether oxygens (including phenoxy) is 1. The third kappa shape index (κ3) is 9.31. The highest BCUT2D eigenvalue weighted by atomic mass is 32.1. The number of Topliss-reactive ketones (excluding diaryl/α,β-unsaturated/α-hetero) is 1. The van der Waals surface area contributed by atoms with E-state index in [0.29, 0.717) is 24.3 Å². The molecule has 2 aromatic heterocycles. The molecule has 37 heavy (non-hydrogen) atoms. The molecule has 0 saturated heterocycles. The molecule has 1 aromatic carbocycles. The van der Waals surface area contributed by atoms with Gasteiger partial charge in [0.15, 0.2) is 5.78 Å². The summed E-state index contributed by atoms with van der Waals surface area (Å²) in [7, 11) is 3.94. The van der Waals surface area contributed by atoms with Crippen LogP contribution in [0.15, 0.2) is 51.9 Å². The minimum atomic E-state index is -0.607. The van der Waals surface area contributed by atoms with Gasteiger partial charge in [-0.25, -0.2) is 9.59 Å². The van der Waals surface area contributed by atoms with Crippen molar-refractivity contribution in [3.63, 3.8) is 0 Å². The van der Waals surface area contributed by atoms with Gasteiger partial charge in [-0.15, -0.1) is 11.3 Å². The van der Waals surface area contributed by atoms with E-state index in [0.717, 1.165) is 23.4 Å². The van der Waals surface area contributed by atoms with Gasteiger partial charge in [0.2, 0.25) is 0 Å². The second kappa shape index (κ2) is 12.8. The molecule has 0 unspecified atom stereocenters. The van der Waals surface area contributed by atoms with Crippen molar-refractivity contribution in [1.82, 2.24) is 9.80 Å². The van der Waals surface area contributed by atoms with Crippen LogP contribution in [-0.4, -0.2) is 60.5 Å². The van der Waals surface area contributed by atoms with Gasteiger partial charge in [0, 0.05) is 42.4 Å². The largest absolute Gasteiger partial charge is 0.444 e. The van der Waals surface area contributed by atoms with E-state index in [-0.39, 0.29) is 18.2 Å². The zero-order valence-corrected chi connectivity index (χ0v) is 23.5. The second-order valence-electron chi connectivity index (χ2n) is 9.90. The maximum absolute atomic E-state index is 13.0. The standard InChI is InChI=1S/C27H34N4O4S2/c1-27(2,3)35-26(34)29-23-18-37-16-21(23)14-24(32)20-8-6-19(7-9-20)15-31(12-11-30(4)5)25(33)28-22-10-13-36-17-22/h6-10,13,16-18H,11-12,14-15H2,1-5H3,(H,28,33)(H,29,34). The third-order valence-corrected chi connectivity index (χ3v) is 6.73. The number of hydrogen-bond donors (Lipinski definition) is 2. The number of amides is 3. The van der Waals surface area contributed by atoms with Crippen LogP contribution in [0.4, 0.5) is 21.0 Å². The Hall–Kier alpha value is -3.21. The normalized spacial score (nSPS) is 11.3. The van der Waals surface area contributed by atoms with Crippen molar-refractivity contribution >= 4 is 52.0 Å². The molecular weight excluding hydrogens is 508 g/mol. The van der Waals surface area contributed by atoms with Crippen molar-refractivity contribution in [2.24, 2.45) is 0 Å². The quantitative estimate of drug-likeness (QED) is 0.299. The Labute approximate surface area is 226 Å². The van der Waals surface area contributed by atoms with E-state index in [1.54, 1.807) is 43.2 Å². The smallest absolute Gasteiger partial charge is 0.412 e. The van der Waals surface area contributed by atoms with Crippen LogP contribution in [0.5, 0.6) is 0 Å². The molecule has 2 N–H and O–H groups in total. The molecule has 0 aliphatic heterocycles. The van der Waals surface area contributed by atoms with Crippen LogP contribution in [0.2, 0.25) is 0 Å². The van der Waals surface area contributed by atoms with Gasteiger partial charge in [-0.1, -0.05) is 24.3 Å². The van der Waals surface area contributed by atoms with Crippen molar-refractivity contribution in [3.8, 4) is 0 Å². The molecule has 0 atom stereocenters. The Morgan fingerprint density at radius 3 is 2.27 bits per heavy atom. The van der Waals surface area contributed by atoms with Crippen LogP contribution in [0, 0.1) is 0 Å². The van der Waals surface area contributed by atoms with Crippen molar-refractivity contribution in [2.45, 2.75) is 39.3 Å². The number of urea groups is 1.